The molecule has 0 aromatic heterocycles. The molecule has 1 aromatic rings. The molecule has 0 radical (unpaired) electrons. The van der Waals surface area contributed by atoms with Gasteiger partial charge >= 0.3 is 11.9 Å². The molecule has 6 unspecified atom stereocenters. The van der Waals surface area contributed by atoms with Gasteiger partial charge in [0.1, 0.15) is 24.2 Å². The van der Waals surface area contributed by atoms with E-state index in [0.29, 0.717) is 12.0 Å². The summed E-state index contributed by atoms with van der Waals surface area (Å²) in [5.74, 6) is -7.55. The Morgan fingerprint density at radius 1 is 0.756 bits per heavy atom. The largest absolute Gasteiger partial charge is 0.481 e. The zero-order valence-electron chi connectivity index (χ0n) is 25.0. The molecule has 17 heteroatoms. The van der Waals surface area contributed by atoms with E-state index in [1.54, 1.807) is 37.3 Å². The molecular weight excluding hydrogens is 596 g/mol. The zero-order chi connectivity index (χ0) is 34.1. The van der Waals surface area contributed by atoms with Crippen LogP contribution in [-0.2, 0) is 40.0 Å². The van der Waals surface area contributed by atoms with E-state index in [2.05, 4.69) is 21.3 Å². The molecule has 0 aliphatic carbocycles. The minimum atomic E-state index is -1.61. The molecule has 11 N–H and O–H groups in total. The lowest BCUT2D eigenvalue weighted by molar-refractivity contribution is -0.143. The number of carboxylic acids is 2. The van der Waals surface area contributed by atoms with Crippen molar-refractivity contribution in [2.24, 2.45) is 11.7 Å². The molecule has 5 amide bonds. The van der Waals surface area contributed by atoms with Gasteiger partial charge in [-0.2, -0.15) is 0 Å². The van der Waals surface area contributed by atoms with Crippen molar-refractivity contribution in [2.45, 2.75) is 69.7 Å². The summed E-state index contributed by atoms with van der Waals surface area (Å²) in [6.45, 7) is 1.07. The fourth-order valence-electron chi connectivity index (χ4n) is 3.84. The average Bonchev–Trinajstić information content (AvgIpc) is 3.01. The predicted molar refractivity (Wildman–Crippen MR) is 157 cm³/mol. The fourth-order valence-corrected chi connectivity index (χ4v) is 3.84. The highest BCUT2D eigenvalue weighted by Crippen LogP contribution is 2.08. The van der Waals surface area contributed by atoms with E-state index in [1.807, 2.05) is 12.2 Å². The molecule has 17 nitrogen and oxygen atoms in total. The van der Waals surface area contributed by atoms with Crippen molar-refractivity contribution in [1.82, 2.24) is 26.6 Å². The van der Waals surface area contributed by atoms with Crippen LogP contribution < -0.4 is 32.3 Å². The van der Waals surface area contributed by atoms with Gasteiger partial charge in [-0.15, -0.1) is 0 Å². The Hall–Kier alpha value is -4.61. The summed E-state index contributed by atoms with van der Waals surface area (Å²) in [5.41, 5.74) is 6.47. The normalized spacial score (nSPS) is 14.8. The van der Waals surface area contributed by atoms with Gasteiger partial charge in [-0.1, -0.05) is 50.6 Å². The van der Waals surface area contributed by atoms with E-state index in [-0.39, 0.29) is 12.3 Å². The van der Waals surface area contributed by atoms with Gasteiger partial charge in [0.05, 0.1) is 25.8 Å². The van der Waals surface area contributed by atoms with Crippen LogP contribution in [0, 0.1) is 5.92 Å². The summed E-state index contributed by atoms with van der Waals surface area (Å²) in [6, 6.07) is 1.37. The van der Waals surface area contributed by atoms with E-state index in [1.165, 1.54) is 0 Å². The van der Waals surface area contributed by atoms with Crippen molar-refractivity contribution in [3.05, 3.63) is 35.9 Å². The summed E-state index contributed by atoms with van der Waals surface area (Å²) in [5, 5.41) is 48.3. The molecule has 0 aliphatic heterocycles. The number of rotatable bonds is 20. The van der Waals surface area contributed by atoms with E-state index in [4.69, 9.17) is 15.9 Å². The van der Waals surface area contributed by atoms with E-state index >= 15 is 0 Å². The predicted octanol–water partition coefficient (Wildman–Crippen LogP) is -3.41. The Kier molecular flexibility index (Phi) is 16.8. The van der Waals surface area contributed by atoms with Gasteiger partial charge in [-0.05, 0) is 17.9 Å². The second-order valence-corrected chi connectivity index (χ2v) is 10.3. The van der Waals surface area contributed by atoms with Crippen LogP contribution in [-0.4, -0.2) is 112 Å². The van der Waals surface area contributed by atoms with Crippen LogP contribution in [0.5, 0.6) is 0 Å². The van der Waals surface area contributed by atoms with Crippen molar-refractivity contribution in [1.29, 1.82) is 0 Å². The minimum Gasteiger partial charge on any atom is -0.481 e. The Morgan fingerprint density at radius 2 is 1.31 bits per heavy atom. The Labute approximate surface area is 259 Å². The summed E-state index contributed by atoms with van der Waals surface area (Å²) >= 11 is 0. The van der Waals surface area contributed by atoms with Crippen molar-refractivity contribution < 1.29 is 54.0 Å². The molecule has 0 spiro atoms. The fraction of sp³-hybridized carbons (Fsp3) is 0.536. The van der Waals surface area contributed by atoms with Gasteiger partial charge in [-0.25, -0.2) is 4.79 Å². The number of nitrogens with two attached hydrogens (primary N) is 1. The third kappa shape index (κ3) is 13.7. The van der Waals surface area contributed by atoms with Gasteiger partial charge in [0, 0.05) is 12.8 Å². The van der Waals surface area contributed by atoms with Crippen LogP contribution >= 0.6 is 0 Å². The molecule has 0 heterocycles. The van der Waals surface area contributed by atoms with Gasteiger partial charge in [0.2, 0.25) is 29.5 Å². The summed E-state index contributed by atoms with van der Waals surface area (Å²) in [4.78, 5) is 86.2. The second-order valence-electron chi connectivity index (χ2n) is 10.3. The number of carbonyl (C=O) groups is 7. The maximum absolute atomic E-state index is 13.3. The molecular formula is C28H42N6O11. The lowest BCUT2D eigenvalue weighted by Crippen LogP contribution is -2.59. The van der Waals surface area contributed by atoms with Gasteiger partial charge in [-0.3, -0.25) is 28.8 Å². The lowest BCUT2D eigenvalue weighted by atomic mass is 9.99. The van der Waals surface area contributed by atoms with Gasteiger partial charge in [0.15, 0.2) is 0 Å². The molecule has 6 atom stereocenters. The Balaban J connectivity index is 3.12. The highest BCUT2D eigenvalue weighted by molar-refractivity contribution is 5.96. The highest BCUT2D eigenvalue weighted by Gasteiger charge is 2.31. The monoisotopic (exact) mass is 638 g/mol. The topological polar surface area (TPSA) is 287 Å². The molecule has 0 aliphatic rings. The molecule has 250 valence electrons. The Morgan fingerprint density at radius 3 is 1.84 bits per heavy atom. The van der Waals surface area contributed by atoms with Crippen LogP contribution in [0.2, 0.25) is 0 Å². The van der Waals surface area contributed by atoms with Crippen LogP contribution in [0.1, 0.15) is 38.7 Å². The summed E-state index contributed by atoms with van der Waals surface area (Å²) < 4.78 is 0. The van der Waals surface area contributed by atoms with Crippen molar-refractivity contribution in [3.63, 3.8) is 0 Å². The molecule has 1 rings (SSSR count). The third-order valence-electron chi connectivity index (χ3n) is 6.81. The maximum atomic E-state index is 13.3. The number of benzene rings is 1. The highest BCUT2D eigenvalue weighted by atomic mass is 16.4. The number of amides is 5. The van der Waals surface area contributed by atoms with Crippen molar-refractivity contribution >= 4 is 41.5 Å². The molecule has 1 aromatic carbocycles. The first kappa shape index (κ1) is 38.4. The first-order chi connectivity index (χ1) is 21.2. The quantitative estimate of drug-likeness (QED) is 0.0669. The van der Waals surface area contributed by atoms with Gasteiger partial charge in [0.25, 0.3) is 0 Å². The van der Waals surface area contributed by atoms with Crippen molar-refractivity contribution in [2.75, 3.05) is 19.8 Å². The number of hydrogen-bond donors (Lipinski definition) is 10. The van der Waals surface area contributed by atoms with E-state index in [9.17, 15) is 43.8 Å². The summed E-state index contributed by atoms with van der Waals surface area (Å²) in [7, 11) is 0. The number of carboxylic acid groups (broad SMARTS) is 2. The van der Waals surface area contributed by atoms with Gasteiger partial charge < -0.3 is 52.7 Å². The van der Waals surface area contributed by atoms with E-state index in [0.717, 1.165) is 0 Å². The van der Waals surface area contributed by atoms with Crippen molar-refractivity contribution in [3.8, 4) is 0 Å². The molecule has 0 fully saturated rings. The number of hydrogen-bond acceptors (Lipinski definition) is 10. The van der Waals surface area contributed by atoms with Crippen LogP contribution in [0.4, 0.5) is 0 Å². The molecule has 0 saturated heterocycles. The average molecular weight is 639 g/mol. The maximum Gasteiger partial charge on any atom is 0.328 e. The number of aliphatic hydroxyl groups excluding tert-OH is 2. The number of aliphatic hydroxyl groups is 2. The number of aliphatic carboxylic acids is 2. The SMILES string of the molecule is CCC(C)C(N)C(=O)NC(CO)C(=O)NC(CCC(=O)O)C(=O)NC(Cc1ccccc1)C(=O)NCC(=O)NC(CO)C(=O)O. The molecule has 0 saturated carbocycles. The van der Waals surface area contributed by atoms with E-state index < -0.39 is 104 Å². The molecule has 0 bridgehead atoms. The first-order valence-electron chi connectivity index (χ1n) is 14.2. The van der Waals surface area contributed by atoms with Crippen LogP contribution in [0.3, 0.4) is 0 Å². The number of carbonyl (C=O) groups excluding carboxylic acids is 5. The standard InChI is InChI=1S/C28H42N6O11/c1-3-15(2)23(29)27(43)34-19(13-35)26(42)32-17(9-10-22(38)39)25(41)33-18(11-16-7-5-4-6-8-16)24(40)30-12-21(37)31-20(14-36)28(44)45/h4-8,15,17-20,23,35-36H,3,9-14,29H2,1-2H3,(H,30,40)(H,31,37)(H,32,42)(H,33,41)(H,34,43)(H,38,39)(H,44,45). The van der Waals surface area contributed by atoms with Crippen LogP contribution in [0.25, 0.3) is 0 Å². The zero-order valence-corrected chi connectivity index (χ0v) is 25.0. The third-order valence-corrected chi connectivity index (χ3v) is 6.81. The smallest absolute Gasteiger partial charge is 0.328 e. The first-order valence-corrected chi connectivity index (χ1v) is 14.2. The minimum absolute atomic E-state index is 0.100. The second kappa shape index (κ2) is 19.6. The Bertz CT molecular complexity index is 1180. The number of nitrogens with one attached hydrogen (secondary N) is 5. The summed E-state index contributed by atoms with van der Waals surface area (Å²) in [6.07, 6.45) is -0.531. The molecule has 45 heavy (non-hydrogen) atoms. The lowest BCUT2D eigenvalue weighted by Gasteiger charge is -2.26. The van der Waals surface area contributed by atoms with Crippen LogP contribution in [0.15, 0.2) is 30.3 Å².